The lowest BCUT2D eigenvalue weighted by Gasteiger charge is -2.30. The predicted octanol–water partition coefficient (Wildman–Crippen LogP) is 0.731. The number of hydrogen-bond donors (Lipinski definition) is 3. The van der Waals surface area contributed by atoms with Crippen LogP contribution in [-0.2, 0) is 9.59 Å². The third-order valence-electron chi connectivity index (χ3n) is 3.52. The Balaban J connectivity index is 2.42. The predicted molar refractivity (Wildman–Crippen MR) is 64.4 cm³/mol. The maximum Gasteiger partial charge on any atom is 0.306 e. The fourth-order valence-electron chi connectivity index (χ4n) is 2.09. The zero-order valence-corrected chi connectivity index (χ0v) is 10.5. The van der Waals surface area contributed by atoms with Gasteiger partial charge in [-0.3, -0.25) is 9.59 Å². The second kappa shape index (κ2) is 5.49. The molecule has 98 valence electrons. The summed E-state index contributed by atoms with van der Waals surface area (Å²) in [6, 6.07) is 0.184. The van der Waals surface area contributed by atoms with E-state index < -0.39 is 11.4 Å². The molecule has 1 rings (SSSR count). The van der Waals surface area contributed by atoms with E-state index in [1.54, 1.807) is 13.8 Å². The Morgan fingerprint density at radius 3 is 2.59 bits per heavy atom. The third kappa shape index (κ3) is 4.00. The van der Waals surface area contributed by atoms with Crippen LogP contribution in [0.2, 0.25) is 0 Å². The summed E-state index contributed by atoms with van der Waals surface area (Å²) >= 11 is 0. The lowest BCUT2D eigenvalue weighted by molar-refractivity contribution is -0.143. The van der Waals surface area contributed by atoms with Gasteiger partial charge in [-0.1, -0.05) is 6.42 Å². The van der Waals surface area contributed by atoms with Crippen LogP contribution in [-0.4, -0.2) is 29.6 Å². The first-order chi connectivity index (χ1) is 7.83. The summed E-state index contributed by atoms with van der Waals surface area (Å²) in [5.74, 6) is -1.31. The average molecular weight is 242 g/mol. The molecule has 0 aromatic carbocycles. The molecule has 0 heterocycles. The largest absolute Gasteiger partial charge is 0.481 e. The Kier molecular flexibility index (Phi) is 4.51. The quantitative estimate of drug-likeness (QED) is 0.662. The molecule has 0 radical (unpaired) electrons. The first-order valence-corrected chi connectivity index (χ1v) is 6.09. The molecule has 2 atom stereocenters. The van der Waals surface area contributed by atoms with Crippen molar-refractivity contribution in [3.8, 4) is 0 Å². The second-order valence-electron chi connectivity index (χ2n) is 5.53. The summed E-state index contributed by atoms with van der Waals surface area (Å²) < 4.78 is 0. The molecule has 0 aromatic rings. The van der Waals surface area contributed by atoms with E-state index in [2.05, 4.69) is 5.32 Å². The van der Waals surface area contributed by atoms with Gasteiger partial charge in [0.2, 0.25) is 5.91 Å². The van der Waals surface area contributed by atoms with Gasteiger partial charge in [-0.2, -0.15) is 0 Å². The number of carboxylic acids is 1. The number of carbonyl (C=O) groups excluding carboxylic acids is 1. The Hall–Kier alpha value is -1.10. The van der Waals surface area contributed by atoms with Gasteiger partial charge in [0.05, 0.1) is 11.3 Å². The lowest BCUT2D eigenvalue weighted by atomic mass is 9.84. The number of nitrogens with two attached hydrogens (primary N) is 1. The van der Waals surface area contributed by atoms with Gasteiger partial charge in [-0.15, -0.1) is 0 Å². The maximum atomic E-state index is 11.2. The maximum absolute atomic E-state index is 11.2. The summed E-state index contributed by atoms with van der Waals surface area (Å²) in [7, 11) is 0. The van der Waals surface area contributed by atoms with E-state index in [1.807, 2.05) is 0 Å². The molecule has 1 saturated carbocycles. The molecule has 1 fully saturated rings. The van der Waals surface area contributed by atoms with Crippen LogP contribution >= 0.6 is 0 Å². The topological polar surface area (TPSA) is 92.4 Å². The SMILES string of the molecule is CC(C)(CNC1CCCC(C(=O)O)C1)C(N)=O. The van der Waals surface area contributed by atoms with Crippen LogP contribution in [0, 0.1) is 11.3 Å². The van der Waals surface area contributed by atoms with Crippen molar-refractivity contribution in [2.75, 3.05) is 6.54 Å². The van der Waals surface area contributed by atoms with Gasteiger partial charge in [0.25, 0.3) is 0 Å². The van der Waals surface area contributed by atoms with Gasteiger partial charge in [0.15, 0.2) is 0 Å². The molecule has 0 saturated heterocycles. The standard InChI is InChI=1S/C12H22N2O3/c1-12(2,11(13)17)7-14-9-5-3-4-8(6-9)10(15)16/h8-9,14H,3-7H2,1-2H3,(H2,13,17)(H,15,16). The van der Waals surface area contributed by atoms with E-state index >= 15 is 0 Å². The number of hydrogen-bond acceptors (Lipinski definition) is 3. The molecule has 0 aromatic heterocycles. The zero-order valence-electron chi connectivity index (χ0n) is 10.5. The van der Waals surface area contributed by atoms with Gasteiger partial charge < -0.3 is 16.2 Å². The molecule has 5 nitrogen and oxygen atoms in total. The van der Waals surface area contributed by atoms with Gasteiger partial charge in [-0.25, -0.2) is 0 Å². The van der Waals surface area contributed by atoms with Crippen LogP contribution < -0.4 is 11.1 Å². The van der Waals surface area contributed by atoms with Crippen LogP contribution in [0.3, 0.4) is 0 Å². The van der Waals surface area contributed by atoms with Crippen molar-refractivity contribution >= 4 is 11.9 Å². The van der Waals surface area contributed by atoms with E-state index in [-0.39, 0.29) is 17.9 Å². The van der Waals surface area contributed by atoms with E-state index in [0.717, 1.165) is 19.3 Å². The number of nitrogens with one attached hydrogen (secondary N) is 1. The van der Waals surface area contributed by atoms with E-state index in [9.17, 15) is 9.59 Å². The van der Waals surface area contributed by atoms with E-state index in [1.165, 1.54) is 0 Å². The minimum absolute atomic E-state index is 0.184. The molecular formula is C12H22N2O3. The highest BCUT2D eigenvalue weighted by molar-refractivity contribution is 5.80. The van der Waals surface area contributed by atoms with Crippen molar-refractivity contribution in [3.63, 3.8) is 0 Å². The third-order valence-corrected chi connectivity index (χ3v) is 3.52. The summed E-state index contributed by atoms with van der Waals surface area (Å²) in [6.07, 6.45) is 3.29. The first-order valence-electron chi connectivity index (χ1n) is 6.09. The molecule has 17 heavy (non-hydrogen) atoms. The van der Waals surface area contributed by atoms with E-state index in [4.69, 9.17) is 10.8 Å². The van der Waals surface area contributed by atoms with Crippen molar-refractivity contribution in [2.45, 2.75) is 45.6 Å². The fraction of sp³-hybridized carbons (Fsp3) is 0.833. The van der Waals surface area contributed by atoms with Crippen LogP contribution in [0.15, 0.2) is 0 Å². The summed E-state index contributed by atoms with van der Waals surface area (Å²) in [4.78, 5) is 22.1. The number of amides is 1. The van der Waals surface area contributed by atoms with Gasteiger partial charge >= 0.3 is 5.97 Å². The highest BCUT2D eigenvalue weighted by atomic mass is 16.4. The van der Waals surface area contributed by atoms with Crippen molar-refractivity contribution in [1.29, 1.82) is 0 Å². The molecule has 1 amide bonds. The molecule has 0 bridgehead atoms. The van der Waals surface area contributed by atoms with Crippen molar-refractivity contribution in [1.82, 2.24) is 5.32 Å². The Bertz CT molecular complexity index is 302. The lowest BCUT2D eigenvalue weighted by Crippen LogP contribution is -2.45. The number of rotatable bonds is 5. The highest BCUT2D eigenvalue weighted by Crippen LogP contribution is 2.25. The van der Waals surface area contributed by atoms with Crippen LogP contribution in [0.5, 0.6) is 0 Å². The highest BCUT2D eigenvalue weighted by Gasteiger charge is 2.30. The second-order valence-corrected chi connectivity index (χ2v) is 5.53. The Morgan fingerprint density at radius 1 is 1.41 bits per heavy atom. The summed E-state index contributed by atoms with van der Waals surface area (Å²) in [5.41, 5.74) is 4.70. The van der Waals surface area contributed by atoms with Gasteiger partial charge in [0.1, 0.15) is 0 Å². The molecule has 1 aliphatic rings. The molecule has 1 aliphatic carbocycles. The zero-order chi connectivity index (χ0) is 13.1. The number of aliphatic carboxylic acids is 1. The first kappa shape index (κ1) is 14.0. The minimum atomic E-state index is -0.717. The van der Waals surface area contributed by atoms with Gasteiger partial charge in [0, 0.05) is 12.6 Å². The number of primary amides is 1. The monoisotopic (exact) mass is 242 g/mol. The fourth-order valence-corrected chi connectivity index (χ4v) is 2.09. The summed E-state index contributed by atoms with van der Waals surface area (Å²) in [5, 5.41) is 12.2. The van der Waals surface area contributed by atoms with Gasteiger partial charge in [-0.05, 0) is 33.1 Å². The molecule has 0 aliphatic heterocycles. The molecular weight excluding hydrogens is 220 g/mol. The van der Waals surface area contributed by atoms with Crippen molar-refractivity contribution < 1.29 is 14.7 Å². The van der Waals surface area contributed by atoms with Crippen molar-refractivity contribution in [2.24, 2.45) is 17.1 Å². The summed E-state index contributed by atoms with van der Waals surface area (Å²) in [6.45, 7) is 4.08. The van der Waals surface area contributed by atoms with E-state index in [0.29, 0.717) is 13.0 Å². The van der Waals surface area contributed by atoms with Crippen LogP contribution in [0.1, 0.15) is 39.5 Å². The molecule has 0 spiro atoms. The average Bonchev–Trinajstić information content (AvgIpc) is 2.26. The Labute approximate surface area is 102 Å². The van der Waals surface area contributed by atoms with Crippen LogP contribution in [0.25, 0.3) is 0 Å². The molecule has 4 N–H and O–H groups in total. The molecule has 2 unspecified atom stereocenters. The number of carboxylic acid groups (broad SMARTS) is 1. The Morgan fingerprint density at radius 2 is 2.06 bits per heavy atom. The van der Waals surface area contributed by atoms with Crippen molar-refractivity contribution in [3.05, 3.63) is 0 Å². The minimum Gasteiger partial charge on any atom is -0.481 e. The normalized spacial score (nSPS) is 25.5. The van der Waals surface area contributed by atoms with Crippen LogP contribution in [0.4, 0.5) is 0 Å². The number of carbonyl (C=O) groups is 2. The smallest absolute Gasteiger partial charge is 0.306 e. The molecule has 5 heteroatoms.